The highest BCUT2D eigenvalue weighted by Gasteiger charge is 2.33. The van der Waals surface area contributed by atoms with E-state index in [1.165, 1.54) is 12.1 Å². The van der Waals surface area contributed by atoms with Crippen LogP contribution >= 0.6 is 0 Å². The summed E-state index contributed by atoms with van der Waals surface area (Å²) in [4.78, 5) is 42.1. The number of carbonyl (C=O) groups is 3. The Bertz CT molecular complexity index is 1060. The monoisotopic (exact) mass is 494 g/mol. The first-order valence-corrected chi connectivity index (χ1v) is 12.8. The number of carbonyl (C=O) groups excluding carboxylic acids is 3. The lowest BCUT2D eigenvalue weighted by Crippen LogP contribution is -2.50. The van der Waals surface area contributed by atoms with Gasteiger partial charge in [0.05, 0.1) is 12.3 Å². The topological polar surface area (TPSA) is 81.8 Å². The molecule has 0 saturated carbocycles. The van der Waals surface area contributed by atoms with Gasteiger partial charge in [-0.1, -0.05) is 29.8 Å². The minimum absolute atomic E-state index is 0.0283. The van der Waals surface area contributed by atoms with Crippen LogP contribution in [0.15, 0.2) is 48.5 Å². The summed E-state index contributed by atoms with van der Waals surface area (Å²) in [6, 6.07) is 13.4. The zero-order valence-electron chi connectivity index (χ0n) is 20.8. The zero-order chi connectivity index (χ0) is 25.5. The van der Waals surface area contributed by atoms with Crippen LogP contribution in [0, 0.1) is 24.6 Å². The molecule has 2 atom stereocenters. The van der Waals surface area contributed by atoms with Gasteiger partial charge in [-0.15, -0.1) is 0 Å². The smallest absolute Gasteiger partial charge is 0.319 e. The van der Waals surface area contributed by atoms with Gasteiger partial charge in [-0.05, 0) is 68.4 Å². The predicted octanol–water partition coefficient (Wildman–Crippen LogP) is 3.98. The number of aryl methyl sites for hydroxylation is 1. The number of hydrogen-bond donors (Lipinski definition) is 2. The lowest BCUT2D eigenvalue weighted by Gasteiger charge is -2.38. The Balaban J connectivity index is 1.24. The van der Waals surface area contributed by atoms with E-state index in [9.17, 15) is 18.8 Å². The molecule has 0 radical (unpaired) electrons. The second kappa shape index (κ2) is 12.0. The molecule has 2 fully saturated rings. The summed E-state index contributed by atoms with van der Waals surface area (Å²) in [7, 11) is 0. The number of hydrogen-bond acceptors (Lipinski definition) is 3. The Labute approximate surface area is 212 Å². The Morgan fingerprint density at radius 2 is 1.61 bits per heavy atom. The third-order valence-corrected chi connectivity index (χ3v) is 7.08. The number of likely N-dealkylation sites (tertiary alicyclic amines) is 2. The van der Waals surface area contributed by atoms with E-state index in [2.05, 4.69) is 10.6 Å². The van der Waals surface area contributed by atoms with E-state index in [0.29, 0.717) is 32.7 Å². The number of benzene rings is 2. The number of rotatable bonds is 6. The van der Waals surface area contributed by atoms with Crippen molar-refractivity contribution < 1.29 is 18.8 Å². The Morgan fingerprint density at radius 1 is 0.917 bits per heavy atom. The van der Waals surface area contributed by atoms with E-state index < -0.39 is 0 Å². The molecule has 2 N–H and O–H groups in total. The van der Waals surface area contributed by atoms with Crippen LogP contribution in [0.3, 0.4) is 0 Å². The van der Waals surface area contributed by atoms with Gasteiger partial charge in [-0.25, -0.2) is 9.18 Å². The number of nitrogens with one attached hydrogen (secondary N) is 2. The van der Waals surface area contributed by atoms with E-state index in [1.807, 2.05) is 36.1 Å². The first kappa shape index (κ1) is 25.7. The van der Waals surface area contributed by atoms with E-state index in [4.69, 9.17) is 0 Å². The molecule has 2 saturated heterocycles. The van der Waals surface area contributed by atoms with Gasteiger partial charge in [0.15, 0.2) is 0 Å². The summed E-state index contributed by atoms with van der Waals surface area (Å²) in [5.41, 5.74) is 2.65. The second-order valence-electron chi connectivity index (χ2n) is 9.98. The van der Waals surface area contributed by atoms with Crippen molar-refractivity contribution in [1.29, 1.82) is 0 Å². The number of urea groups is 1. The normalized spacial score (nSPS) is 20.1. The third-order valence-electron chi connectivity index (χ3n) is 7.08. The van der Waals surface area contributed by atoms with E-state index in [-0.39, 0.29) is 41.9 Å². The first-order chi connectivity index (χ1) is 17.4. The van der Waals surface area contributed by atoms with Crippen molar-refractivity contribution in [2.45, 2.75) is 39.0 Å². The molecule has 0 bridgehead atoms. The maximum atomic E-state index is 13.3. The van der Waals surface area contributed by atoms with Crippen LogP contribution in [0.1, 0.15) is 36.8 Å². The predicted molar refractivity (Wildman–Crippen MR) is 137 cm³/mol. The molecule has 4 rings (SSSR count). The summed E-state index contributed by atoms with van der Waals surface area (Å²) < 4.78 is 13.2. The second-order valence-corrected chi connectivity index (χ2v) is 9.98. The fourth-order valence-electron chi connectivity index (χ4n) is 5.03. The van der Waals surface area contributed by atoms with Crippen molar-refractivity contribution in [3.05, 3.63) is 65.5 Å². The van der Waals surface area contributed by atoms with Crippen LogP contribution in [0.4, 0.5) is 14.9 Å². The molecule has 192 valence electrons. The highest BCUT2D eigenvalue weighted by molar-refractivity contribution is 5.89. The molecular weight excluding hydrogens is 459 g/mol. The van der Waals surface area contributed by atoms with E-state index >= 15 is 0 Å². The number of nitrogens with zero attached hydrogens (tertiary/aromatic N) is 2. The summed E-state index contributed by atoms with van der Waals surface area (Å²) in [5, 5.41) is 5.78. The van der Waals surface area contributed by atoms with Gasteiger partial charge >= 0.3 is 6.03 Å². The minimum atomic E-state index is -0.322. The Hall–Kier alpha value is -3.42. The molecular formula is C28H35FN4O3. The maximum Gasteiger partial charge on any atom is 0.319 e. The van der Waals surface area contributed by atoms with Crippen LogP contribution in [0.5, 0.6) is 0 Å². The van der Waals surface area contributed by atoms with Crippen molar-refractivity contribution in [3.8, 4) is 0 Å². The molecule has 0 spiro atoms. The summed E-state index contributed by atoms with van der Waals surface area (Å²) in [6.45, 7) is 4.91. The van der Waals surface area contributed by atoms with Gasteiger partial charge in [0.1, 0.15) is 5.82 Å². The van der Waals surface area contributed by atoms with Crippen LogP contribution in [0.2, 0.25) is 0 Å². The maximum absolute atomic E-state index is 13.3. The van der Waals surface area contributed by atoms with Gasteiger partial charge < -0.3 is 20.4 Å². The molecule has 4 amide bonds. The molecule has 2 heterocycles. The average molecular weight is 495 g/mol. The van der Waals surface area contributed by atoms with Crippen molar-refractivity contribution in [3.63, 3.8) is 0 Å². The molecule has 7 nitrogen and oxygen atoms in total. The fourth-order valence-corrected chi connectivity index (χ4v) is 5.03. The van der Waals surface area contributed by atoms with Crippen molar-refractivity contribution in [2.75, 3.05) is 38.0 Å². The van der Waals surface area contributed by atoms with Crippen LogP contribution in [-0.4, -0.2) is 60.4 Å². The molecule has 0 aromatic heterocycles. The quantitative estimate of drug-likeness (QED) is 0.638. The lowest BCUT2D eigenvalue weighted by molar-refractivity contribution is -0.142. The van der Waals surface area contributed by atoms with Gasteiger partial charge in [-0.2, -0.15) is 0 Å². The molecule has 0 aliphatic carbocycles. The summed E-state index contributed by atoms with van der Waals surface area (Å²) >= 11 is 0. The summed E-state index contributed by atoms with van der Waals surface area (Å²) in [6.07, 6.45) is 3.64. The first-order valence-electron chi connectivity index (χ1n) is 12.8. The molecule has 36 heavy (non-hydrogen) atoms. The standard InChI is InChI=1S/C28H35FN4O3/c1-20-6-12-25(13-7-20)31-28(36)30-17-22-4-2-15-33(18-22)27(35)23-5-3-14-32(19-23)26(34)16-21-8-10-24(29)11-9-21/h6-13,22-23H,2-5,14-19H2,1H3,(H2,30,31,36). The molecule has 2 aromatic carbocycles. The number of amides is 4. The SMILES string of the molecule is Cc1ccc(NC(=O)NCC2CCCN(C(=O)C3CCCN(C(=O)Cc4ccc(F)cc4)C3)C2)cc1. The molecule has 2 aromatic rings. The Morgan fingerprint density at radius 3 is 2.36 bits per heavy atom. The number of halogens is 1. The van der Waals surface area contributed by atoms with Crippen molar-refractivity contribution >= 4 is 23.5 Å². The zero-order valence-corrected chi connectivity index (χ0v) is 20.8. The highest BCUT2D eigenvalue weighted by atomic mass is 19.1. The molecule has 2 aliphatic heterocycles. The molecule has 2 aliphatic rings. The average Bonchev–Trinajstić information content (AvgIpc) is 2.90. The van der Waals surface area contributed by atoms with Crippen LogP contribution < -0.4 is 10.6 Å². The van der Waals surface area contributed by atoms with Gasteiger partial charge in [0.2, 0.25) is 11.8 Å². The Kier molecular flexibility index (Phi) is 8.57. The lowest BCUT2D eigenvalue weighted by atomic mass is 9.92. The van der Waals surface area contributed by atoms with Crippen molar-refractivity contribution in [2.24, 2.45) is 11.8 Å². The number of piperidine rings is 2. The van der Waals surface area contributed by atoms with Crippen molar-refractivity contribution in [1.82, 2.24) is 15.1 Å². The largest absolute Gasteiger partial charge is 0.342 e. The molecule has 2 unspecified atom stereocenters. The number of anilines is 1. The van der Waals surface area contributed by atoms with Crippen LogP contribution in [0.25, 0.3) is 0 Å². The van der Waals surface area contributed by atoms with Gasteiger partial charge in [0.25, 0.3) is 0 Å². The van der Waals surface area contributed by atoms with Gasteiger partial charge in [-0.3, -0.25) is 9.59 Å². The molecule has 8 heteroatoms. The minimum Gasteiger partial charge on any atom is -0.342 e. The van der Waals surface area contributed by atoms with E-state index in [1.54, 1.807) is 17.0 Å². The highest BCUT2D eigenvalue weighted by Crippen LogP contribution is 2.24. The fraction of sp³-hybridized carbons (Fsp3) is 0.464. The van der Waals surface area contributed by atoms with Crippen LogP contribution in [-0.2, 0) is 16.0 Å². The van der Waals surface area contributed by atoms with Gasteiger partial charge in [0, 0.05) is 38.4 Å². The third kappa shape index (κ3) is 7.06. The summed E-state index contributed by atoms with van der Waals surface area (Å²) in [5.74, 6) is -0.252. The van der Waals surface area contributed by atoms with E-state index in [0.717, 1.165) is 42.5 Å².